The third-order valence-electron chi connectivity index (χ3n) is 1.43. The smallest absolute Gasteiger partial charge is 0.213 e. The highest BCUT2D eigenvalue weighted by molar-refractivity contribution is 6.33. The van der Waals surface area contributed by atoms with E-state index in [1.165, 1.54) is 6.08 Å². The number of hydrogen-bond donors (Lipinski definition) is 0. The van der Waals surface area contributed by atoms with Crippen molar-refractivity contribution >= 4 is 23.2 Å². The van der Waals surface area contributed by atoms with Crippen LogP contribution >= 0.6 is 23.2 Å². The van der Waals surface area contributed by atoms with Gasteiger partial charge in [0.25, 0.3) is 5.13 Å². The zero-order valence-electron chi connectivity index (χ0n) is 7.17. The summed E-state index contributed by atoms with van der Waals surface area (Å²) in [4.78, 5) is 0. The first-order valence-electron chi connectivity index (χ1n) is 3.93. The van der Waals surface area contributed by atoms with Crippen molar-refractivity contribution in [3.63, 3.8) is 0 Å². The summed E-state index contributed by atoms with van der Waals surface area (Å²) < 4.78 is 37.3. The van der Waals surface area contributed by atoms with Crippen LogP contribution in [-0.4, -0.2) is 10.5 Å². The molecule has 0 saturated heterocycles. The first-order valence-corrected chi connectivity index (χ1v) is 4.69. The van der Waals surface area contributed by atoms with E-state index < -0.39 is 10.5 Å². The molecule has 0 saturated carbocycles. The van der Waals surface area contributed by atoms with Crippen molar-refractivity contribution in [2.45, 2.75) is 36.7 Å². The minimum Gasteiger partial charge on any atom is -0.213 e. The van der Waals surface area contributed by atoms with E-state index in [-0.39, 0.29) is 0 Å². The Bertz CT molecular complexity index is 173. The van der Waals surface area contributed by atoms with Crippen molar-refractivity contribution in [1.82, 2.24) is 0 Å². The molecule has 0 aliphatic rings. The first kappa shape index (κ1) is 13.1. The molecule has 0 nitrogen and oxygen atoms in total. The lowest BCUT2D eigenvalue weighted by Crippen LogP contribution is -2.31. The molecule has 1 atom stereocenters. The SMILES string of the molecule is CCCCC=CC(F)(Cl)C(F)(F)Cl. The van der Waals surface area contributed by atoms with Crippen molar-refractivity contribution in [3.05, 3.63) is 12.2 Å². The lowest BCUT2D eigenvalue weighted by atomic mass is 10.2. The lowest BCUT2D eigenvalue weighted by Gasteiger charge is -2.18. The summed E-state index contributed by atoms with van der Waals surface area (Å²) in [5.74, 6) is 0. The first-order chi connectivity index (χ1) is 5.81. The van der Waals surface area contributed by atoms with Gasteiger partial charge in [0, 0.05) is 0 Å². The number of allylic oxidation sites excluding steroid dienone is 2. The number of rotatable bonds is 5. The van der Waals surface area contributed by atoms with E-state index >= 15 is 0 Å². The van der Waals surface area contributed by atoms with Crippen LogP contribution in [0.2, 0.25) is 0 Å². The molecule has 0 aromatic rings. The molecule has 0 amide bonds. The summed E-state index contributed by atoms with van der Waals surface area (Å²) in [5.41, 5.74) is 0. The largest absolute Gasteiger partial charge is 0.372 e. The second-order valence-corrected chi connectivity index (χ2v) is 3.69. The predicted molar refractivity (Wildman–Crippen MR) is 49.2 cm³/mol. The summed E-state index contributed by atoms with van der Waals surface area (Å²) in [6.07, 6.45) is 4.09. The number of halogens is 5. The molecule has 13 heavy (non-hydrogen) atoms. The van der Waals surface area contributed by atoms with Crippen molar-refractivity contribution in [3.8, 4) is 0 Å². The molecule has 1 unspecified atom stereocenters. The van der Waals surface area contributed by atoms with Gasteiger partial charge in [-0.25, -0.2) is 4.39 Å². The summed E-state index contributed by atoms with van der Waals surface area (Å²) in [6, 6.07) is 0. The highest BCUT2D eigenvalue weighted by Crippen LogP contribution is 2.40. The normalized spacial score (nSPS) is 17.7. The topological polar surface area (TPSA) is 0 Å². The molecule has 0 heterocycles. The second-order valence-electron chi connectivity index (χ2n) is 2.67. The third-order valence-corrected chi connectivity index (χ3v) is 2.16. The zero-order valence-corrected chi connectivity index (χ0v) is 8.68. The van der Waals surface area contributed by atoms with Gasteiger partial charge in [0.15, 0.2) is 0 Å². The highest BCUT2D eigenvalue weighted by atomic mass is 35.5. The molecule has 0 aromatic carbocycles. The Labute approximate surface area is 85.7 Å². The van der Waals surface area contributed by atoms with Gasteiger partial charge < -0.3 is 0 Å². The van der Waals surface area contributed by atoms with E-state index in [9.17, 15) is 13.2 Å². The maximum absolute atomic E-state index is 12.8. The zero-order chi connectivity index (χ0) is 10.5. The molecule has 78 valence electrons. The van der Waals surface area contributed by atoms with E-state index in [2.05, 4.69) is 11.6 Å². The van der Waals surface area contributed by atoms with E-state index in [1.807, 2.05) is 6.92 Å². The summed E-state index contributed by atoms with van der Waals surface area (Å²) >= 11 is 9.30. The van der Waals surface area contributed by atoms with Crippen LogP contribution in [0.25, 0.3) is 0 Å². The fourth-order valence-electron chi connectivity index (χ4n) is 0.648. The van der Waals surface area contributed by atoms with Crippen LogP contribution in [0.4, 0.5) is 13.2 Å². The summed E-state index contributed by atoms with van der Waals surface area (Å²) in [7, 11) is 0. The van der Waals surface area contributed by atoms with Gasteiger partial charge in [0.2, 0.25) is 0 Å². The Morgan fingerprint density at radius 2 is 1.77 bits per heavy atom. The van der Waals surface area contributed by atoms with Crippen LogP contribution in [0.5, 0.6) is 0 Å². The Morgan fingerprint density at radius 1 is 1.23 bits per heavy atom. The molecule has 0 aliphatic carbocycles. The van der Waals surface area contributed by atoms with Crippen molar-refractivity contribution < 1.29 is 13.2 Å². The minimum atomic E-state index is -4.07. The third kappa shape index (κ3) is 4.77. The number of unbranched alkanes of at least 4 members (excludes halogenated alkanes) is 2. The molecule has 0 aromatic heterocycles. The maximum Gasteiger partial charge on any atom is 0.372 e. The fraction of sp³-hybridized carbons (Fsp3) is 0.750. The van der Waals surface area contributed by atoms with E-state index in [0.717, 1.165) is 12.8 Å². The molecule has 0 fully saturated rings. The highest BCUT2D eigenvalue weighted by Gasteiger charge is 2.50. The van der Waals surface area contributed by atoms with Crippen molar-refractivity contribution in [1.29, 1.82) is 0 Å². The molecule has 0 rings (SSSR count). The summed E-state index contributed by atoms with van der Waals surface area (Å²) in [5, 5.41) is -7.36. The van der Waals surface area contributed by atoms with Gasteiger partial charge in [-0.1, -0.05) is 37.4 Å². The standard InChI is InChI=1S/C8H11Cl2F3/c1-2-3-4-5-6-7(9,11)8(10,12)13/h5-6H,2-4H2,1H3. The molecule has 0 N–H and O–H groups in total. The minimum absolute atomic E-state index is 0.516. The Balaban J connectivity index is 4.09. The molecular formula is C8H11Cl2F3. The van der Waals surface area contributed by atoms with Gasteiger partial charge in [-0.15, -0.1) is 0 Å². The number of hydrogen-bond acceptors (Lipinski definition) is 0. The Morgan fingerprint density at radius 3 is 2.15 bits per heavy atom. The van der Waals surface area contributed by atoms with Crippen molar-refractivity contribution in [2.75, 3.05) is 0 Å². The predicted octanol–water partition coefficient (Wildman–Crippen LogP) is 4.47. The van der Waals surface area contributed by atoms with E-state index in [1.54, 1.807) is 0 Å². The van der Waals surface area contributed by atoms with Gasteiger partial charge in [0.1, 0.15) is 0 Å². The van der Waals surface area contributed by atoms with Gasteiger partial charge in [-0.05, 0) is 24.1 Å². The average molecular weight is 235 g/mol. The summed E-state index contributed by atoms with van der Waals surface area (Å²) in [6.45, 7) is 1.94. The second kappa shape index (κ2) is 5.11. The average Bonchev–Trinajstić information content (AvgIpc) is 1.96. The lowest BCUT2D eigenvalue weighted by molar-refractivity contribution is 0.00616. The van der Waals surface area contributed by atoms with Crippen LogP contribution in [0.15, 0.2) is 12.2 Å². The van der Waals surface area contributed by atoms with Crippen LogP contribution in [0.3, 0.4) is 0 Å². The van der Waals surface area contributed by atoms with Gasteiger partial charge in [-0.3, -0.25) is 0 Å². The fourth-order valence-corrected chi connectivity index (χ4v) is 0.800. The van der Waals surface area contributed by atoms with Gasteiger partial charge >= 0.3 is 5.38 Å². The van der Waals surface area contributed by atoms with E-state index in [0.29, 0.717) is 12.5 Å². The van der Waals surface area contributed by atoms with Gasteiger partial charge in [0.05, 0.1) is 0 Å². The van der Waals surface area contributed by atoms with Crippen LogP contribution in [0, 0.1) is 0 Å². The quantitative estimate of drug-likeness (QED) is 0.374. The Kier molecular flexibility index (Phi) is 5.15. The maximum atomic E-state index is 12.8. The van der Waals surface area contributed by atoms with Gasteiger partial charge in [-0.2, -0.15) is 8.78 Å². The molecule has 5 heteroatoms. The van der Waals surface area contributed by atoms with Crippen molar-refractivity contribution in [2.24, 2.45) is 0 Å². The van der Waals surface area contributed by atoms with Crippen LogP contribution in [-0.2, 0) is 0 Å². The monoisotopic (exact) mass is 234 g/mol. The molecule has 0 radical (unpaired) electrons. The van der Waals surface area contributed by atoms with Crippen LogP contribution in [0.1, 0.15) is 26.2 Å². The van der Waals surface area contributed by atoms with E-state index in [4.69, 9.17) is 11.6 Å². The molecular weight excluding hydrogens is 224 g/mol. The number of alkyl halides is 5. The molecule has 0 bridgehead atoms. The molecule has 0 spiro atoms. The Hall–Kier alpha value is 0.110. The van der Waals surface area contributed by atoms with Crippen LogP contribution < -0.4 is 0 Å². The molecule has 0 aliphatic heterocycles.